The Kier molecular flexibility index (Phi) is 4.00. The van der Waals surface area contributed by atoms with Crippen molar-refractivity contribution in [1.82, 2.24) is 5.16 Å². The quantitative estimate of drug-likeness (QED) is 0.792. The van der Waals surface area contributed by atoms with Gasteiger partial charge in [0.05, 0.1) is 17.7 Å². The lowest BCUT2D eigenvalue weighted by atomic mass is 10.1. The minimum Gasteiger partial charge on any atom is -0.460 e. The fraction of sp³-hybridized carbons (Fsp3) is 0.333. The van der Waals surface area contributed by atoms with Crippen molar-refractivity contribution < 1.29 is 14.1 Å². The molecule has 0 N–H and O–H groups in total. The third-order valence-electron chi connectivity index (χ3n) is 3.03. The van der Waals surface area contributed by atoms with E-state index in [-0.39, 0.29) is 19.0 Å². The third-order valence-corrected chi connectivity index (χ3v) is 3.03. The van der Waals surface area contributed by atoms with E-state index in [4.69, 9.17) is 9.26 Å². The van der Waals surface area contributed by atoms with Gasteiger partial charge in [-0.2, -0.15) is 0 Å². The number of carbonyl (C=O) groups excluding carboxylic acids is 1. The van der Waals surface area contributed by atoms with Crippen LogP contribution in [-0.4, -0.2) is 11.1 Å². The van der Waals surface area contributed by atoms with Crippen LogP contribution in [0.3, 0.4) is 0 Å². The van der Waals surface area contributed by atoms with Crippen LogP contribution in [-0.2, 0) is 22.6 Å². The van der Waals surface area contributed by atoms with Crippen LogP contribution in [0.15, 0.2) is 28.8 Å². The summed E-state index contributed by atoms with van der Waals surface area (Å²) in [5.74, 6) is 0.449. The summed E-state index contributed by atoms with van der Waals surface area (Å²) in [5.41, 5.74) is 3.74. The molecule has 0 aliphatic rings. The van der Waals surface area contributed by atoms with Crippen molar-refractivity contribution in [3.8, 4) is 0 Å². The molecule has 0 amide bonds. The lowest BCUT2D eigenvalue weighted by molar-refractivity contribution is -0.144. The highest BCUT2D eigenvalue weighted by atomic mass is 16.5. The van der Waals surface area contributed by atoms with Gasteiger partial charge in [-0.25, -0.2) is 0 Å². The summed E-state index contributed by atoms with van der Waals surface area (Å²) >= 11 is 0. The fourth-order valence-electron chi connectivity index (χ4n) is 1.78. The van der Waals surface area contributed by atoms with E-state index < -0.39 is 0 Å². The maximum Gasteiger partial charge on any atom is 0.310 e. The molecule has 0 saturated carbocycles. The molecule has 100 valence electrons. The highest BCUT2D eigenvalue weighted by Gasteiger charge is 2.12. The maximum absolute atomic E-state index is 11.7. The Labute approximate surface area is 112 Å². The SMILES string of the molecule is Cc1ccc(CC(=O)OCc2c(C)noc2C)cc1. The Hall–Kier alpha value is -2.10. The summed E-state index contributed by atoms with van der Waals surface area (Å²) < 4.78 is 10.3. The van der Waals surface area contributed by atoms with Crippen molar-refractivity contribution in [3.63, 3.8) is 0 Å². The van der Waals surface area contributed by atoms with Crippen LogP contribution in [0, 0.1) is 20.8 Å². The lowest BCUT2D eigenvalue weighted by Crippen LogP contribution is -2.08. The molecule has 0 spiro atoms. The average Bonchev–Trinajstić information content (AvgIpc) is 2.70. The Bertz CT molecular complexity index is 550. The second-order valence-corrected chi connectivity index (χ2v) is 4.63. The molecular weight excluding hydrogens is 242 g/mol. The molecule has 19 heavy (non-hydrogen) atoms. The molecule has 0 radical (unpaired) electrons. The molecule has 0 aliphatic carbocycles. The van der Waals surface area contributed by atoms with Gasteiger partial charge in [0, 0.05) is 0 Å². The second kappa shape index (κ2) is 5.69. The fourth-order valence-corrected chi connectivity index (χ4v) is 1.78. The first-order chi connectivity index (χ1) is 9.06. The Morgan fingerprint density at radius 2 is 1.89 bits per heavy atom. The van der Waals surface area contributed by atoms with Gasteiger partial charge in [0.1, 0.15) is 12.4 Å². The number of ether oxygens (including phenoxy) is 1. The zero-order chi connectivity index (χ0) is 13.8. The summed E-state index contributed by atoms with van der Waals surface area (Å²) in [7, 11) is 0. The Morgan fingerprint density at radius 1 is 1.21 bits per heavy atom. The number of aromatic nitrogens is 1. The minimum absolute atomic E-state index is 0.214. The number of rotatable bonds is 4. The van der Waals surface area contributed by atoms with Crippen molar-refractivity contribution in [2.75, 3.05) is 0 Å². The molecule has 0 saturated heterocycles. The van der Waals surface area contributed by atoms with Crippen molar-refractivity contribution in [2.24, 2.45) is 0 Å². The molecule has 1 aromatic carbocycles. The van der Waals surface area contributed by atoms with E-state index in [0.29, 0.717) is 5.76 Å². The van der Waals surface area contributed by atoms with E-state index >= 15 is 0 Å². The van der Waals surface area contributed by atoms with E-state index in [0.717, 1.165) is 16.8 Å². The molecule has 1 heterocycles. The van der Waals surface area contributed by atoms with Gasteiger partial charge in [0.25, 0.3) is 0 Å². The smallest absolute Gasteiger partial charge is 0.310 e. The maximum atomic E-state index is 11.7. The molecule has 1 aromatic heterocycles. The predicted molar refractivity (Wildman–Crippen MR) is 70.7 cm³/mol. The van der Waals surface area contributed by atoms with Gasteiger partial charge in [-0.1, -0.05) is 35.0 Å². The van der Waals surface area contributed by atoms with Crippen LogP contribution in [0.2, 0.25) is 0 Å². The van der Waals surface area contributed by atoms with Gasteiger partial charge < -0.3 is 9.26 Å². The summed E-state index contributed by atoms with van der Waals surface area (Å²) in [5, 5.41) is 3.82. The van der Waals surface area contributed by atoms with Crippen LogP contribution in [0.4, 0.5) is 0 Å². The monoisotopic (exact) mass is 259 g/mol. The van der Waals surface area contributed by atoms with Gasteiger partial charge >= 0.3 is 5.97 Å². The normalized spacial score (nSPS) is 10.5. The van der Waals surface area contributed by atoms with Crippen LogP contribution < -0.4 is 0 Å². The molecule has 4 heteroatoms. The number of hydrogen-bond donors (Lipinski definition) is 0. The van der Waals surface area contributed by atoms with Crippen LogP contribution >= 0.6 is 0 Å². The van der Waals surface area contributed by atoms with E-state index in [1.807, 2.05) is 45.0 Å². The molecular formula is C15H17NO3. The molecule has 2 aromatic rings. The third kappa shape index (κ3) is 3.44. The number of benzene rings is 1. The van der Waals surface area contributed by atoms with Gasteiger partial charge in [-0.15, -0.1) is 0 Å². The van der Waals surface area contributed by atoms with E-state index in [1.165, 1.54) is 5.56 Å². The summed E-state index contributed by atoms with van der Waals surface area (Å²) in [6.45, 7) is 5.87. The zero-order valence-electron chi connectivity index (χ0n) is 11.4. The molecule has 4 nitrogen and oxygen atoms in total. The van der Waals surface area contributed by atoms with Gasteiger partial charge in [0.15, 0.2) is 0 Å². The van der Waals surface area contributed by atoms with Crippen molar-refractivity contribution in [1.29, 1.82) is 0 Å². The minimum atomic E-state index is -0.246. The first-order valence-corrected chi connectivity index (χ1v) is 6.19. The Morgan fingerprint density at radius 3 is 2.47 bits per heavy atom. The second-order valence-electron chi connectivity index (χ2n) is 4.63. The first-order valence-electron chi connectivity index (χ1n) is 6.19. The molecule has 0 aliphatic heterocycles. The zero-order valence-corrected chi connectivity index (χ0v) is 11.4. The number of aryl methyl sites for hydroxylation is 3. The van der Waals surface area contributed by atoms with Gasteiger partial charge in [0.2, 0.25) is 0 Å². The summed E-state index contributed by atoms with van der Waals surface area (Å²) in [6, 6.07) is 7.84. The molecule has 0 bridgehead atoms. The van der Waals surface area contributed by atoms with E-state index in [2.05, 4.69) is 5.16 Å². The first kappa shape index (κ1) is 13.3. The van der Waals surface area contributed by atoms with Crippen LogP contribution in [0.25, 0.3) is 0 Å². The topological polar surface area (TPSA) is 52.3 Å². The molecule has 2 rings (SSSR count). The van der Waals surface area contributed by atoms with Crippen molar-refractivity contribution in [3.05, 3.63) is 52.4 Å². The van der Waals surface area contributed by atoms with Gasteiger partial charge in [-0.05, 0) is 26.3 Å². The van der Waals surface area contributed by atoms with Crippen molar-refractivity contribution in [2.45, 2.75) is 33.8 Å². The lowest BCUT2D eigenvalue weighted by Gasteiger charge is -2.05. The average molecular weight is 259 g/mol. The largest absolute Gasteiger partial charge is 0.460 e. The van der Waals surface area contributed by atoms with Crippen LogP contribution in [0.5, 0.6) is 0 Å². The van der Waals surface area contributed by atoms with Gasteiger partial charge in [-0.3, -0.25) is 4.79 Å². The number of hydrogen-bond acceptors (Lipinski definition) is 4. The van der Waals surface area contributed by atoms with Crippen LogP contribution in [0.1, 0.15) is 28.1 Å². The van der Waals surface area contributed by atoms with Crippen molar-refractivity contribution >= 4 is 5.97 Å². The standard InChI is InChI=1S/C15H17NO3/c1-10-4-6-13(7-5-10)8-15(17)18-9-14-11(2)16-19-12(14)3/h4-7H,8-9H2,1-3H3. The number of carbonyl (C=O) groups is 1. The Balaban J connectivity index is 1.90. The molecule has 0 fully saturated rings. The number of esters is 1. The summed E-state index contributed by atoms with van der Waals surface area (Å²) in [4.78, 5) is 11.7. The molecule has 0 unspecified atom stereocenters. The summed E-state index contributed by atoms with van der Waals surface area (Å²) in [6.07, 6.45) is 0.281. The highest BCUT2D eigenvalue weighted by Crippen LogP contribution is 2.14. The predicted octanol–water partition coefficient (Wildman–Crippen LogP) is 2.89. The van der Waals surface area contributed by atoms with E-state index in [9.17, 15) is 4.79 Å². The van der Waals surface area contributed by atoms with E-state index in [1.54, 1.807) is 0 Å². The number of nitrogens with zero attached hydrogens (tertiary/aromatic N) is 1. The molecule has 0 atom stereocenters. The highest BCUT2D eigenvalue weighted by molar-refractivity contribution is 5.72.